The van der Waals surface area contributed by atoms with Crippen LogP contribution in [0.1, 0.15) is 25.0 Å². The van der Waals surface area contributed by atoms with Gasteiger partial charge in [0.2, 0.25) is 0 Å². The molecule has 182 valence electrons. The molecule has 13 nitrogen and oxygen atoms in total. The fourth-order valence-electron chi connectivity index (χ4n) is 4.08. The molecule has 2 saturated heterocycles. The molecule has 4 heterocycles. The molecule has 35 heavy (non-hydrogen) atoms. The zero-order chi connectivity index (χ0) is 25.3. The van der Waals surface area contributed by atoms with E-state index in [1.54, 1.807) is 0 Å². The lowest BCUT2D eigenvalue weighted by atomic mass is 9.94. The van der Waals surface area contributed by atoms with Crippen molar-refractivity contribution >= 4 is 57.5 Å². The number of hydrogen-bond donors (Lipinski definition) is 5. The Morgan fingerprint density at radius 1 is 1.43 bits per heavy atom. The number of carboxylic acid groups (broad SMARTS) is 1. The van der Waals surface area contributed by atoms with E-state index in [9.17, 15) is 29.5 Å². The van der Waals surface area contributed by atoms with E-state index >= 15 is 0 Å². The molecule has 15 heteroatoms. The molecule has 1 aromatic rings. The Bertz CT molecular complexity index is 1260. The summed E-state index contributed by atoms with van der Waals surface area (Å²) in [4.78, 5) is 55.2. The Labute approximate surface area is 206 Å². The zero-order valence-electron chi connectivity index (χ0n) is 18.0. The highest BCUT2D eigenvalue weighted by Crippen LogP contribution is 2.43. The number of amides is 2. The summed E-state index contributed by atoms with van der Waals surface area (Å²) in [5, 5.41) is 37.5. The number of hydrogen-bond acceptors (Lipinski definition) is 12. The molecule has 4 rings (SSSR count). The van der Waals surface area contributed by atoms with Crippen LogP contribution < -0.4 is 16.4 Å². The van der Waals surface area contributed by atoms with Gasteiger partial charge in [0.25, 0.3) is 11.8 Å². The Morgan fingerprint density at radius 2 is 2.20 bits per heavy atom. The van der Waals surface area contributed by atoms with Gasteiger partial charge in [-0.1, -0.05) is 5.16 Å². The van der Waals surface area contributed by atoms with Gasteiger partial charge in [-0.2, -0.15) is 5.26 Å². The molecule has 0 radical (unpaired) electrons. The number of rotatable bonds is 7. The maximum Gasteiger partial charge on any atom is 0.352 e. The minimum Gasteiger partial charge on any atom is -0.477 e. The lowest BCUT2D eigenvalue weighted by Gasteiger charge is -2.49. The highest BCUT2D eigenvalue weighted by Gasteiger charge is 2.55. The lowest BCUT2D eigenvalue weighted by molar-refractivity contribution is -0.150. The number of nitrogens with zero attached hydrogens (tertiary/aromatic N) is 4. The Balaban J connectivity index is 1.62. The maximum atomic E-state index is 13.0. The van der Waals surface area contributed by atoms with Gasteiger partial charge in [-0.05, 0) is 17.6 Å². The average Bonchev–Trinajstić information content (AvgIpc) is 3.45. The number of allylic oxidation sites excluding steroid dienone is 2. The van der Waals surface area contributed by atoms with Crippen LogP contribution in [0.4, 0.5) is 5.13 Å². The third-order valence-corrected chi connectivity index (χ3v) is 7.58. The van der Waals surface area contributed by atoms with E-state index in [1.165, 1.54) is 17.1 Å². The normalized spacial score (nSPS) is 23.3. The van der Waals surface area contributed by atoms with E-state index in [2.05, 4.69) is 20.8 Å². The molecule has 3 aliphatic heterocycles. The molecule has 3 aliphatic rings. The third-order valence-electron chi connectivity index (χ3n) is 5.62. The number of thiazole rings is 1. The number of β-lactam (4-membered cyclic amide) rings is 1. The molecule has 0 aromatic carbocycles. The summed E-state index contributed by atoms with van der Waals surface area (Å²) in [5.74, 6) is -2.94. The van der Waals surface area contributed by atoms with Gasteiger partial charge in [-0.3, -0.25) is 19.3 Å². The number of fused-ring (bicyclic) bond motifs is 1. The van der Waals surface area contributed by atoms with Crippen LogP contribution in [0.25, 0.3) is 0 Å². The van der Waals surface area contributed by atoms with Crippen molar-refractivity contribution in [1.82, 2.24) is 20.5 Å². The molecule has 2 amide bonds. The van der Waals surface area contributed by atoms with Gasteiger partial charge in [0.05, 0.1) is 11.8 Å². The topological polar surface area (TPSA) is 211 Å². The molecule has 6 N–H and O–H groups in total. The van der Waals surface area contributed by atoms with Crippen LogP contribution in [0, 0.1) is 11.3 Å². The Kier molecular flexibility index (Phi) is 6.76. The van der Waals surface area contributed by atoms with E-state index in [-0.39, 0.29) is 53.0 Å². The van der Waals surface area contributed by atoms with Crippen molar-refractivity contribution in [3.05, 3.63) is 33.6 Å². The Morgan fingerprint density at radius 3 is 2.77 bits per heavy atom. The maximum absolute atomic E-state index is 13.0. The van der Waals surface area contributed by atoms with E-state index in [1.807, 2.05) is 6.07 Å². The number of Topliss-reactive ketones (excluding diaryl/α,β-unsaturated/α-hetero) is 1. The van der Waals surface area contributed by atoms with E-state index < -0.39 is 34.9 Å². The van der Waals surface area contributed by atoms with Gasteiger partial charge in [-0.15, -0.1) is 23.1 Å². The van der Waals surface area contributed by atoms with Gasteiger partial charge in [0.1, 0.15) is 22.8 Å². The van der Waals surface area contributed by atoms with Crippen molar-refractivity contribution in [1.29, 1.82) is 5.26 Å². The van der Waals surface area contributed by atoms with Crippen LogP contribution >= 0.6 is 23.1 Å². The average molecular weight is 518 g/mol. The number of nitriles is 1. The molecule has 0 spiro atoms. The van der Waals surface area contributed by atoms with Crippen molar-refractivity contribution in [2.24, 2.45) is 5.16 Å². The first-order valence-electron chi connectivity index (χ1n) is 10.3. The van der Waals surface area contributed by atoms with Crippen molar-refractivity contribution < 1.29 is 29.5 Å². The number of thioether (sulfide) groups is 1. The summed E-state index contributed by atoms with van der Waals surface area (Å²) in [6.45, 7) is 0.409. The van der Waals surface area contributed by atoms with Gasteiger partial charge in [0, 0.05) is 30.5 Å². The number of anilines is 1. The number of carbonyl (C=O) groups excluding carboxylic acids is 3. The number of ketones is 1. The van der Waals surface area contributed by atoms with Crippen LogP contribution in [-0.4, -0.2) is 73.2 Å². The predicted octanol–water partition coefficient (Wildman–Crippen LogP) is -0.238. The van der Waals surface area contributed by atoms with Crippen molar-refractivity contribution in [2.45, 2.75) is 30.7 Å². The third kappa shape index (κ3) is 4.33. The standard InChI is InChI=1S/C20H19N7O6S2/c21-4-1-2-8(12-11(28)3-5-23-12)9-6-34-18-14(17(30)27(18)15(9)19(31)32)25-16(29)13(26-33)10-7-35-20(22)24-10/h7,14,18,23,33H,1-3,5-6H2,(H2,22,24)(H,25,29)(H,31,32)/b12-8+,26-13-/t14-,18-/m1/s1. The van der Waals surface area contributed by atoms with Gasteiger partial charge in [-0.25, -0.2) is 9.78 Å². The molecule has 2 fully saturated rings. The monoisotopic (exact) mass is 517 g/mol. The summed E-state index contributed by atoms with van der Waals surface area (Å²) in [7, 11) is 0. The number of nitrogens with two attached hydrogens (primary N) is 1. The molecule has 0 unspecified atom stereocenters. The summed E-state index contributed by atoms with van der Waals surface area (Å²) in [5.41, 5.74) is 5.84. The predicted molar refractivity (Wildman–Crippen MR) is 124 cm³/mol. The summed E-state index contributed by atoms with van der Waals surface area (Å²) in [6, 6.07) is 0.928. The number of nitrogens with one attached hydrogen (secondary N) is 2. The molecule has 0 saturated carbocycles. The minimum absolute atomic E-state index is 0.0309. The largest absolute Gasteiger partial charge is 0.477 e. The van der Waals surface area contributed by atoms with Crippen LogP contribution in [0.2, 0.25) is 0 Å². The summed E-state index contributed by atoms with van der Waals surface area (Å²) < 4.78 is 0. The first-order valence-corrected chi connectivity index (χ1v) is 12.2. The quantitative estimate of drug-likeness (QED) is 0.105. The number of oxime groups is 1. The fraction of sp³-hybridized carbons (Fsp3) is 0.350. The van der Waals surface area contributed by atoms with E-state index in [0.717, 1.165) is 16.2 Å². The summed E-state index contributed by atoms with van der Waals surface area (Å²) >= 11 is 2.25. The molecule has 2 atom stereocenters. The van der Waals surface area contributed by atoms with Crippen molar-refractivity contribution in [2.75, 3.05) is 18.0 Å². The SMILES string of the molecule is N#CCC/C(C1=C(C(=O)O)N2C(=O)[C@@H](NC(=O)/C(=N\O)c3csc(N)n3)[C@H]2SC1)=C1\NCCC1=O. The molecule has 1 aromatic heterocycles. The smallest absolute Gasteiger partial charge is 0.352 e. The second-order valence-electron chi connectivity index (χ2n) is 7.62. The molecular formula is C20H19N7O6S2. The second-order valence-corrected chi connectivity index (χ2v) is 9.62. The number of aliphatic carboxylic acids is 1. The van der Waals surface area contributed by atoms with E-state index in [0.29, 0.717) is 17.7 Å². The fourth-order valence-corrected chi connectivity index (χ4v) is 6.01. The van der Waals surface area contributed by atoms with Crippen LogP contribution in [0.5, 0.6) is 0 Å². The zero-order valence-corrected chi connectivity index (χ0v) is 19.6. The van der Waals surface area contributed by atoms with Gasteiger partial charge < -0.3 is 26.7 Å². The van der Waals surface area contributed by atoms with E-state index in [4.69, 9.17) is 11.0 Å². The highest BCUT2D eigenvalue weighted by atomic mass is 32.2. The van der Waals surface area contributed by atoms with Crippen molar-refractivity contribution in [3.63, 3.8) is 0 Å². The van der Waals surface area contributed by atoms with Crippen LogP contribution in [-0.2, 0) is 19.2 Å². The number of carbonyl (C=O) groups is 4. The summed E-state index contributed by atoms with van der Waals surface area (Å²) in [6.07, 6.45) is 0.472. The number of aromatic nitrogens is 1. The number of carboxylic acids is 1. The molecule has 0 bridgehead atoms. The van der Waals surface area contributed by atoms with Crippen LogP contribution in [0.3, 0.4) is 0 Å². The minimum atomic E-state index is -1.36. The first-order chi connectivity index (χ1) is 16.8. The lowest BCUT2D eigenvalue weighted by Crippen LogP contribution is -2.71. The Hall–Kier alpha value is -3.90. The molecular weight excluding hydrogens is 498 g/mol. The van der Waals surface area contributed by atoms with Gasteiger partial charge in [0.15, 0.2) is 16.6 Å². The first kappa shape index (κ1) is 24.2. The molecule has 0 aliphatic carbocycles. The second kappa shape index (κ2) is 9.76. The van der Waals surface area contributed by atoms with Crippen LogP contribution in [0.15, 0.2) is 33.1 Å². The number of nitrogen functional groups attached to an aromatic ring is 1. The van der Waals surface area contributed by atoms with Gasteiger partial charge >= 0.3 is 5.97 Å². The highest BCUT2D eigenvalue weighted by molar-refractivity contribution is 8.00. The van der Waals surface area contributed by atoms with Crippen molar-refractivity contribution in [3.8, 4) is 6.07 Å².